The summed E-state index contributed by atoms with van der Waals surface area (Å²) in [4.78, 5) is 2.24. The van der Waals surface area contributed by atoms with E-state index in [0.29, 0.717) is 5.39 Å². The van der Waals surface area contributed by atoms with Crippen LogP contribution in [0.4, 0.5) is 21.5 Å². The van der Waals surface area contributed by atoms with E-state index in [0.717, 1.165) is 39.1 Å². The fourth-order valence-electron chi connectivity index (χ4n) is 8.82. The van der Waals surface area contributed by atoms with Gasteiger partial charge >= 0.3 is 0 Å². The highest BCUT2D eigenvalue weighted by molar-refractivity contribution is 6.07. The molecule has 10 aromatic rings. The Morgan fingerprint density at radius 3 is 1.33 bits per heavy atom. The molecular weight excluding hydrogens is 730 g/mol. The molecule has 0 aromatic heterocycles. The monoisotopic (exact) mass is 771 g/mol. The molecule has 10 rings (SSSR count). The van der Waals surface area contributed by atoms with E-state index >= 15 is 4.39 Å². The van der Waals surface area contributed by atoms with Crippen molar-refractivity contribution in [3.63, 3.8) is 0 Å². The Bertz CT molecular complexity index is 3140. The third-order valence-corrected chi connectivity index (χ3v) is 11.8. The zero-order valence-corrected chi connectivity index (χ0v) is 33.6. The summed E-state index contributed by atoms with van der Waals surface area (Å²) in [5, 5.41) is 3.88. The molecule has 0 N–H and O–H groups in total. The smallest absolute Gasteiger partial charge is 0.131 e. The third kappa shape index (κ3) is 6.82. The highest BCUT2D eigenvalue weighted by Crippen LogP contribution is 2.43. The van der Waals surface area contributed by atoms with Crippen LogP contribution >= 0.6 is 0 Å². The predicted octanol–water partition coefficient (Wildman–Crippen LogP) is 16.6. The van der Waals surface area contributed by atoms with Crippen LogP contribution in [0.1, 0.15) is 11.1 Å². The van der Waals surface area contributed by atoms with E-state index in [1.807, 2.05) is 30.3 Å². The Balaban J connectivity index is 1.02. The van der Waals surface area contributed by atoms with Crippen molar-refractivity contribution in [1.82, 2.24) is 0 Å². The lowest BCUT2D eigenvalue weighted by atomic mass is 9.91. The summed E-state index contributed by atoms with van der Waals surface area (Å²) in [6.07, 6.45) is 0. The Kier molecular flexibility index (Phi) is 9.60. The van der Waals surface area contributed by atoms with Gasteiger partial charge in [-0.25, -0.2) is 4.39 Å². The van der Waals surface area contributed by atoms with E-state index < -0.39 is 0 Å². The number of nitrogens with zero attached hydrogens (tertiary/aromatic N) is 1. The second-order valence-corrected chi connectivity index (χ2v) is 15.5. The summed E-state index contributed by atoms with van der Waals surface area (Å²) in [6.45, 7) is 4.40. The minimum atomic E-state index is -0.230. The van der Waals surface area contributed by atoms with Crippen molar-refractivity contribution in [2.24, 2.45) is 0 Å². The van der Waals surface area contributed by atoms with Gasteiger partial charge in [0.25, 0.3) is 0 Å². The zero-order valence-electron chi connectivity index (χ0n) is 33.6. The number of rotatable bonds is 8. The second kappa shape index (κ2) is 15.7. The lowest BCUT2D eigenvalue weighted by Crippen LogP contribution is -2.10. The van der Waals surface area contributed by atoms with Crippen LogP contribution in [0.2, 0.25) is 0 Å². The van der Waals surface area contributed by atoms with Crippen LogP contribution < -0.4 is 4.90 Å². The maximum absolute atomic E-state index is 15.3. The standard InChI is InChI=1S/C58H42FN/c1-39-37-46(41-13-5-3-6-14-41)27-33-50(39)51-34-28-47(38-40(51)2)42-23-29-48(30-24-42)60(57-36-35-56(59)54-19-9-10-20-55(54)57)49-31-25-44(26-32-49)53-22-12-18-45-17-11-21-52(58(45)53)43-15-7-4-8-16-43/h3-38H,1-2H3. The normalized spacial score (nSPS) is 11.2. The SMILES string of the molecule is Cc1cc(-c2ccccc2)ccc1-c1ccc(-c2ccc(N(c3ccc(-c4cccc5cccc(-c6ccccc6)c45)cc3)c3ccc(F)c4ccccc34)cc2)cc1C. The van der Waals surface area contributed by atoms with Crippen molar-refractivity contribution in [3.05, 3.63) is 235 Å². The van der Waals surface area contributed by atoms with Crippen LogP contribution in [0, 0.1) is 19.7 Å². The Hall–Kier alpha value is -7.55. The van der Waals surface area contributed by atoms with Crippen molar-refractivity contribution in [3.8, 4) is 55.6 Å². The average molecular weight is 772 g/mol. The summed E-state index contributed by atoms with van der Waals surface area (Å²) in [7, 11) is 0. The molecule has 0 fully saturated rings. The molecule has 0 amide bonds. The van der Waals surface area contributed by atoms with E-state index in [1.54, 1.807) is 6.07 Å². The van der Waals surface area contributed by atoms with Gasteiger partial charge in [-0.15, -0.1) is 0 Å². The molecule has 2 heteroatoms. The van der Waals surface area contributed by atoms with E-state index in [2.05, 4.69) is 201 Å². The van der Waals surface area contributed by atoms with Gasteiger partial charge in [-0.3, -0.25) is 0 Å². The number of hydrogen-bond donors (Lipinski definition) is 0. The molecule has 10 aromatic carbocycles. The number of hydrogen-bond acceptors (Lipinski definition) is 1. The molecule has 286 valence electrons. The zero-order chi connectivity index (χ0) is 40.6. The fraction of sp³-hybridized carbons (Fsp3) is 0.0345. The lowest BCUT2D eigenvalue weighted by molar-refractivity contribution is 0.640. The first-order valence-electron chi connectivity index (χ1n) is 20.5. The number of aryl methyl sites for hydroxylation is 2. The Morgan fingerprint density at radius 1 is 0.333 bits per heavy atom. The molecule has 0 atom stereocenters. The van der Waals surface area contributed by atoms with E-state index in [4.69, 9.17) is 0 Å². The molecule has 0 bridgehead atoms. The van der Waals surface area contributed by atoms with Gasteiger partial charge in [0.2, 0.25) is 0 Å². The Labute approximate surface area is 351 Å². The fourth-order valence-corrected chi connectivity index (χ4v) is 8.82. The Morgan fingerprint density at radius 2 is 0.783 bits per heavy atom. The van der Waals surface area contributed by atoms with Gasteiger partial charge in [0.1, 0.15) is 5.82 Å². The number of benzene rings is 10. The van der Waals surface area contributed by atoms with Gasteiger partial charge in [-0.2, -0.15) is 0 Å². The lowest BCUT2D eigenvalue weighted by Gasteiger charge is -2.27. The third-order valence-electron chi connectivity index (χ3n) is 11.8. The van der Waals surface area contributed by atoms with Crippen LogP contribution in [0.5, 0.6) is 0 Å². The van der Waals surface area contributed by atoms with Gasteiger partial charge in [0.15, 0.2) is 0 Å². The topological polar surface area (TPSA) is 3.24 Å². The highest BCUT2D eigenvalue weighted by atomic mass is 19.1. The first-order valence-corrected chi connectivity index (χ1v) is 20.5. The van der Waals surface area contributed by atoms with Crippen molar-refractivity contribution in [2.75, 3.05) is 4.90 Å². The molecule has 60 heavy (non-hydrogen) atoms. The summed E-state index contributed by atoms with van der Waals surface area (Å²) in [5.41, 5.74) is 17.3. The molecule has 0 radical (unpaired) electrons. The predicted molar refractivity (Wildman–Crippen MR) is 253 cm³/mol. The van der Waals surface area contributed by atoms with Crippen LogP contribution in [-0.2, 0) is 0 Å². The van der Waals surface area contributed by atoms with Crippen molar-refractivity contribution in [2.45, 2.75) is 13.8 Å². The van der Waals surface area contributed by atoms with E-state index in [1.165, 1.54) is 60.8 Å². The van der Waals surface area contributed by atoms with Gasteiger partial charge in [-0.1, -0.05) is 182 Å². The van der Waals surface area contributed by atoms with Crippen molar-refractivity contribution < 1.29 is 4.39 Å². The molecule has 0 saturated heterocycles. The highest BCUT2D eigenvalue weighted by Gasteiger charge is 2.18. The molecule has 0 aliphatic heterocycles. The molecule has 0 unspecified atom stereocenters. The number of anilines is 3. The van der Waals surface area contributed by atoms with Crippen LogP contribution in [-0.4, -0.2) is 0 Å². The number of fused-ring (bicyclic) bond motifs is 2. The van der Waals surface area contributed by atoms with Gasteiger partial charge < -0.3 is 4.90 Å². The molecule has 0 aliphatic rings. The molecule has 0 aliphatic carbocycles. The molecular formula is C58H42FN. The van der Waals surface area contributed by atoms with Gasteiger partial charge in [0, 0.05) is 22.1 Å². The number of halogens is 1. The van der Waals surface area contributed by atoms with Gasteiger partial charge in [-0.05, 0) is 128 Å². The summed E-state index contributed by atoms with van der Waals surface area (Å²) < 4.78 is 15.3. The van der Waals surface area contributed by atoms with Crippen molar-refractivity contribution in [1.29, 1.82) is 0 Å². The summed E-state index contributed by atoms with van der Waals surface area (Å²) >= 11 is 0. The largest absolute Gasteiger partial charge is 0.310 e. The first kappa shape index (κ1) is 36.8. The maximum Gasteiger partial charge on any atom is 0.131 e. The van der Waals surface area contributed by atoms with Gasteiger partial charge in [0.05, 0.1) is 5.69 Å². The molecule has 0 spiro atoms. The minimum Gasteiger partial charge on any atom is -0.310 e. The first-order chi connectivity index (χ1) is 29.5. The average Bonchev–Trinajstić information content (AvgIpc) is 3.31. The molecule has 0 saturated carbocycles. The van der Waals surface area contributed by atoms with Crippen LogP contribution in [0.3, 0.4) is 0 Å². The van der Waals surface area contributed by atoms with E-state index in [9.17, 15) is 0 Å². The summed E-state index contributed by atoms with van der Waals surface area (Å²) in [5.74, 6) is -0.230. The molecule has 1 nitrogen and oxygen atoms in total. The molecule has 0 heterocycles. The minimum absolute atomic E-state index is 0.230. The quantitative estimate of drug-likeness (QED) is 0.149. The summed E-state index contributed by atoms with van der Waals surface area (Å²) in [6, 6.07) is 76.4. The van der Waals surface area contributed by atoms with Crippen LogP contribution in [0.25, 0.3) is 77.2 Å². The van der Waals surface area contributed by atoms with E-state index in [-0.39, 0.29) is 5.82 Å². The second-order valence-electron chi connectivity index (χ2n) is 15.5. The maximum atomic E-state index is 15.3. The van der Waals surface area contributed by atoms with Crippen molar-refractivity contribution >= 4 is 38.6 Å². The van der Waals surface area contributed by atoms with Crippen LogP contribution in [0.15, 0.2) is 218 Å².